The van der Waals surface area contributed by atoms with Gasteiger partial charge in [-0.25, -0.2) is 4.98 Å². The van der Waals surface area contributed by atoms with Crippen LogP contribution in [-0.2, 0) is 21.4 Å². The van der Waals surface area contributed by atoms with Crippen LogP contribution in [-0.4, -0.2) is 85.7 Å². The number of amides is 1. The third-order valence-corrected chi connectivity index (χ3v) is 6.19. The van der Waals surface area contributed by atoms with Crippen molar-refractivity contribution in [3.8, 4) is 0 Å². The lowest BCUT2D eigenvalue weighted by Crippen LogP contribution is -2.47. The highest BCUT2D eigenvalue weighted by Gasteiger charge is 2.44. The fraction of sp³-hybridized carbons (Fsp3) is 0.737. The van der Waals surface area contributed by atoms with Crippen molar-refractivity contribution in [3.05, 3.63) is 21.6 Å². The first-order valence-electron chi connectivity index (χ1n) is 9.87. The molecular formula is C19H29N5O3. The molecule has 2 fully saturated rings. The highest BCUT2D eigenvalue weighted by atomic mass is 16.5. The summed E-state index contributed by atoms with van der Waals surface area (Å²) in [7, 11) is 3.83. The standard InChI is InChI=1S/C19H29N5O3/c1-22(2)13-15(25)23-7-5-19(6-8-23)4-3-14-16(19)20-18(21-17(14)26)24-9-11-27-12-10-24/h3-13H2,1-2H3,(H,20,21,26). The number of rotatable bonds is 3. The van der Waals surface area contributed by atoms with Gasteiger partial charge in [0.25, 0.3) is 5.56 Å². The van der Waals surface area contributed by atoms with E-state index in [4.69, 9.17) is 9.72 Å². The highest BCUT2D eigenvalue weighted by Crippen LogP contribution is 2.44. The van der Waals surface area contributed by atoms with Gasteiger partial charge in [-0.15, -0.1) is 0 Å². The van der Waals surface area contributed by atoms with Gasteiger partial charge in [-0.3, -0.25) is 14.6 Å². The average molecular weight is 375 g/mol. The summed E-state index contributed by atoms with van der Waals surface area (Å²) in [4.78, 5) is 38.9. The number of H-pyrrole nitrogens is 1. The molecule has 4 rings (SSSR count). The molecule has 1 aromatic heterocycles. The first kappa shape index (κ1) is 18.4. The molecule has 1 aromatic rings. The van der Waals surface area contributed by atoms with Crippen molar-refractivity contribution in [3.63, 3.8) is 0 Å². The van der Waals surface area contributed by atoms with Gasteiger partial charge < -0.3 is 19.4 Å². The van der Waals surface area contributed by atoms with Crippen molar-refractivity contribution < 1.29 is 9.53 Å². The van der Waals surface area contributed by atoms with Gasteiger partial charge in [-0.1, -0.05) is 0 Å². The number of anilines is 1. The van der Waals surface area contributed by atoms with E-state index in [1.165, 1.54) is 0 Å². The number of likely N-dealkylation sites (N-methyl/N-ethyl adjacent to an activating group) is 1. The summed E-state index contributed by atoms with van der Waals surface area (Å²) in [5.41, 5.74) is 1.77. The Hall–Kier alpha value is -1.93. The van der Waals surface area contributed by atoms with Gasteiger partial charge >= 0.3 is 0 Å². The second-order valence-electron chi connectivity index (χ2n) is 8.22. The summed E-state index contributed by atoms with van der Waals surface area (Å²) in [6.07, 6.45) is 3.52. The number of carbonyl (C=O) groups is 1. The lowest BCUT2D eigenvalue weighted by atomic mass is 9.76. The van der Waals surface area contributed by atoms with Crippen LogP contribution in [0, 0.1) is 0 Å². The molecule has 0 unspecified atom stereocenters. The molecule has 8 nitrogen and oxygen atoms in total. The Morgan fingerprint density at radius 1 is 1.19 bits per heavy atom. The Balaban J connectivity index is 1.55. The summed E-state index contributed by atoms with van der Waals surface area (Å²) < 4.78 is 5.41. The van der Waals surface area contributed by atoms with Crippen molar-refractivity contribution >= 4 is 11.9 Å². The summed E-state index contributed by atoms with van der Waals surface area (Å²) in [5.74, 6) is 0.857. The van der Waals surface area contributed by atoms with Crippen LogP contribution >= 0.6 is 0 Å². The van der Waals surface area contributed by atoms with E-state index >= 15 is 0 Å². The molecule has 0 aromatic carbocycles. The normalized spacial score (nSPS) is 21.7. The lowest BCUT2D eigenvalue weighted by molar-refractivity contribution is -0.133. The lowest BCUT2D eigenvalue weighted by Gasteiger charge is -2.40. The molecule has 3 aliphatic rings. The molecule has 1 aliphatic carbocycles. The second kappa shape index (κ2) is 7.24. The predicted octanol–water partition coefficient (Wildman–Crippen LogP) is -0.0255. The minimum atomic E-state index is -0.0560. The van der Waals surface area contributed by atoms with Crippen molar-refractivity contribution in [1.29, 1.82) is 0 Å². The van der Waals surface area contributed by atoms with Crippen LogP contribution in [0.25, 0.3) is 0 Å². The third-order valence-electron chi connectivity index (χ3n) is 6.19. The molecule has 2 aliphatic heterocycles. The summed E-state index contributed by atoms with van der Waals surface area (Å²) in [6, 6.07) is 0. The van der Waals surface area contributed by atoms with Gasteiger partial charge in [0.15, 0.2) is 0 Å². The van der Waals surface area contributed by atoms with E-state index in [1.807, 2.05) is 23.9 Å². The zero-order valence-corrected chi connectivity index (χ0v) is 16.3. The maximum absolute atomic E-state index is 12.7. The first-order valence-corrected chi connectivity index (χ1v) is 9.87. The van der Waals surface area contributed by atoms with Crippen LogP contribution in [0.2, 0.25) is 0 Å². The van der Waals surface area contributed by atoms with E-state index in [2.05, 4.69) is 9.88 Å². The van der Waals surface area contributed by atoms with Crippen LogP contribution in [0.15, 0.2) is 4.79 Å². The number of morpholine rings is 1. The fourth-order valence-corrected chi connectivity index (χ4v) is 4.61. The van der Waals surface area contributed by atoms with Crippen LogP contribution < -0.4 is 10.5 Å². The number of nitrogens with one attached hydrogen (secondary N) is 1. The van der Waals surface area contributed by atoms with Crippen molar-refractivity contribution in [1.82, 2.24) is 19.8 Å². The smallest absolute Gasteiger partial charge is 0.255 e. The minimum absolute atomic E-state index is 0.00415. The van der Waals surface area contributed by atoms with E-state index in [0.717, 1.165) is 63.1 Å². The maximum atomic E-state index is 12.7. The highest BCUT2D eigenvalue weighted by molar-refractivity contribution is 5.78. The maximum Gasteiger partial charge on any atom is 0.255 e. The van der Waals surface area contributed by atoms with Gasteiger partial charge in [0.1, 0.15) is 0 Å². The quantitative estimate of drug-likeness (QED) is 0.799. The number of carbonyl (C=O) groups excluding carboxylic acids is 1. The minimum Gasteiger partial charge on any atom is -0.378 e. The second-order valence-corrected chi connectivity index (χ2v) is 8.22. The van der Waals surface area contributed by atoms with E-state index in [1.54, 1.807) is 0 Å². The van der Waals surface area contributed by atoms with Crippen molar-refractivity contribution in [2.75, 3.05) is 64.9 Å². The predicted molar refractivity (Wildman–Crippen MR) is 102 cm³/mol. The van der Waals surface area contributed by atoms with Crippen molar-refractivity contribution in [2.45, 2.75) is 31.1 Å². The number of hydrogen-bond acceptors (Lipinski definition) is 6. The van der Waals surface area contributed by atoms with E-state index in [0.29, 0.717) is 25.7 Å². The molecule has 2 saturated heterocycles. The Kier molecular flexibility index (Phi) is 4.94. The molecule has 27 heavy (non-hydrogen) atoms. The van der Waals surface area contributed by atoms with E-state index in [9.17, 15) is 9.59 Å². The zero-order chi connectivity index (χ0) is 19.0. The fourth-order valence-electron chi connectivity index (χ4n) is 4.61. The largest absolute Gasteiger partial charge is 0.378 e. The van der Waals surface area contributed by atoms with Gasteiger partial charge in [0, 0.05) is 37.2 Å². The van der Waals surface area contributed by atoms with Gasteiger partial charge in [-0.2, -0.15) is 0 Å². The number of fused-ring (bicyclic) bond motifs is 2. The first-order chi connectivity index (χ1) is 13.0. The number of ether oxygens (including phenoxy) is 1. The van der Waals surface area contributed by atoms with Gasteiger partial charge in [0.2, 0.25) is 11.9 Å². The molecule has 1 N–H and O–H groups in total. The summed E-state index contributed by atoms with van der Waals surface area (Å²) in [5, 5.41) is 0. The van der Waals surface area contributed by atoms with E-state index in [-0.39, 0.29) is 16.9 Å². The average Bonchev–Trinajstić information content (AvgIpc) is 3.01. The molecule has 0 atom stereocenters. The number of piperidine rings is 1. The van der Waals surface area contributed by atoms with E-state index < -0.39 is 0 Å². The molecule has 8 heteroatoms. The molecule has 0 radical (unpaired) electrons. The number of nitrogens with zero attached hydrogens (tertiary/aromatic N) is 4. The van der Waals surface area contributed by atoms with Crippen molar-refractivity contribution in [2.24, 2.45) is 0 Å². The Morgan fingerprint density at radius 2 is 1.89 bits per heavy atom. The van der Waals surface area contributed by atoms with Gasteiger partial charge in [-0.05, 0) is 39.8 Å². The van der Waals surface area contributed by atoms with Crippen LogP contribution in [0.4, 0.5) is 5.95 Å². The summed E-state index contributed by atoms with van der Waals surface area (Å²) in [6.45, 7) is 4.76. The number of aromatic nitrogens is 2. The molecule has 1 spiro atoms. The Bertz CT molecular complexity index is 761. The zero-order valence-electron chi connectivity index (χ0n) is 16.3. The number of likely N-dealkylation sites (tertiary alicyclic amines) is 1. The Labute approximate surface area is 159 Å². The van der Waals surface area contributed by atoms with Crippen LogP contribution in [0.3, 0.4) is 0 Å². The monoisotopic (exact) mass is 375 g/mol. The molecule has 148 valence electrons. The SMILES string of the molecule is CN(C)CC(=O)N1CCC2(CCc3c2nc(N2CCOCC2)[nH]c3=O)CC1. The molecule has 0 bridgehead atoms. The van der Waals surface area contributed by atoms with Crippen LogP contribution in [0.1, 0.15) is 30.5 Å². The summed E-state index contributed by atoms with van der Waals surface area (Å²) >= 11 is 0. The van der Waals surface area contributed by atoms with Crippen LogP contribution in [0.5, 0.6) is 0 Å². The Morgan fingerprint density at radius 3 is 2.56 bits per heavy atom. The van der Waals surface area contributed by atoms with Gasteiger partial charge in [0.05, 0.1) is 25.5 Å². The number of hydrogen-bond donors (Lipinski definition) is 1. The molecule has 1 amide bonds. The molecule has 0 saturated carbocycles. The molecule has 3 heterocycles. The topological polar surface area (TPSA) is 81.8 Å². The molecular weight excluding hydrogens is 346 g/mol. The number of aromatic amines is 1. The third kappa shape index (κ3) is 3.48.